The van der Waals surface area contributed by atoms with Crippen LogP contribution < -0.4 is 20.4 Å². The van der Waals surface area contributed by atoms with Gasteiger partial charge in [0.25, 0.3) is 23.6 Å². The topological polar surface area (TPSA) is 104 Å². The maximum absolute atomic E-state index is 14.0. The van der Waals surface area contributed by atoms with Crippen molar-refractivity contribution in [3.05, 3.63) is 105 Å². The number of hydrogen-bond acceptors (Lipinski definition) is 7. The summed E-state index contributed by atoms with van der Waals surface area (Å²) in [5.74, 6) is -2.79. The number of nitrogens with one attached hydrogen (secondary N) is 2. The third-order valence-electron chi connectivity index (χ3n) is 10.5. The molecule has 1 saturated carbocycles. The molecule has 8 rings (SSSR count). The van der Waals surface area contributed by atoms with Crippen molar-refractivity contribution in [2.45, 2.75) is 51.0 Å². The van der Waals surface area contributed by atoms with Crippen molar-refractivity contribution in [2.75, 3.05) is 48.0 Å². The van der Waals surface area contributed by atoms with E-state index in [9.17, 15) is 23.2 Å². The van der Waals surface area contributed by atoms with E-state index in [0.717, 1.165) is 66.4 Å². The molecule has 0 radical (unpaired) electrons. The number of carbonyl (C=O) groups is 3. The van der Waals surface area contributed by atoms with Crippen LogP contribution in [0.5, 0.6) is 0 Å². The number of para-hydroxylation sites is 1. The number of benzene rings is 2. The predicted molar refractivity (Wildman–Crippen MR) is 198 cm³/mol. The molecular formula is C40H39F2N5O4S. The van der Waals surface area contributed by atoms with Crippen LogP contribution >= 0.6 is 11.3 Å². The zero-order valence-electron chi connectivity index (χ0n) is 28.8. The molecule has 3 fully saturated rings. The first-order valence-electron chi connectivity index (χ1n) is 17.7. The minimum atomic E-state index is -2.70. The molecule has 3 aliphatic heterocycles. The van der Waals surface area contributed by atoms with Crippen LogP contribution in [-0.2, 0) is 4.74 Å². The van der Waals surface area contributed by atoms with Crippen LogP contribution in [0.3, 0.4) is 0 Å². The Bertz CT molecular complexity index is 2060. The summed E-state index contributed by atoms with van der Waals surface area (Å²) in [7, 11) is 0. The molecule has 2 aromatic heterocycles. The van der Waals surface area contributed by atoms with Gasteiger partial charge in [-0.15, -0.1) is 11.3 Å². The lowest BCUT2D eigenvalue weighted by Gasteiger charge is -2.53. The molecule has 5 heterocycles. The van der Waals surface area contributed by atoms with Crippen molar-refractivity contribution in [1.29, 1.82) is 0 Å². The van der Waals surface area contributed by atoms with Crippen molar-refractivity contribution < 1.29 is 27.9 Å². The number of fused-ring (bicyclic) bond motifs is 1. The van der Waals surface area contributed by atoms with Crippen molar-refractivity contribution in [3.8, 4) is 0 Å². The molecule has 0 unspecified atom stereocenters. The Labute approximate surface area is 304 Å². The largest absolute Gasteiger partial charge is 0.381 e. The summed E-state index contributed by atoms with van der Waals surface area (Å²) in [6, 6.07) is 19.6. The van der Waals surface area contributed by atoms with Gasteiger partial charge in [0.05, 0.1) is 16.1 Å². The lowest BCUT2D eigenvalue weighted by atomic mass is 9.73. The van der Waals surface area contributed by atoms with Gasteiger partial charge >= 0.3 is 0 Å². The molecule has 4 aromatic rings. The number of halogens is 2. The van der Waals surface area contributed by atoms with Gasteiger partial charge in [0.15, 0.2) is 0 Å². The second-order valence-corrected chi connectivity index (χ2v) is 15.5. The number of rotatable bonds is 7. The summed E-state index contributed by atoms with van der Waals surface area (Å²) in [4.78, 5) is 50.3. The number of aromatic nitrogens is 1. The van der Waals surface area contributed by atoms with Crippen LogP contribution in [0.25, 0.3) is 11.6 Å². The summed E-state index contributed by atoms with van der Waals surface area (Å²) in [6.45, 7) is 5.60. The van der Waals surface area contributed by atoms with Gasteiger partial charge in [-0.1, -0.05) is 18.2 Å². The molecular weight excluding hydrogens is 685 g/mol. The lowest BCUT2D eigenvalue weighted by molar-refractivity contribution is -0.0901. The number of anilines is 3. The zero-order chi connectivity index (χ0) is 36.0. The highest BCUT2D eigenvalue weighted by atomic mass is 32.1. The standard InChI is InChI=1S/C40H39F2N5O4S/c1-25-18-31(35(43-22-25)46-23-39(24-46)13-16-51-17-14-39)36(48)44-29-8-6-26(7-9-29)38(50)47-15-12-28(19-27-4-2-3-5-32(27)47)33-10-11-34(52-33)37(49)45-30-20-40(41,42)21-30/h2-11,18-19,22,30H,12-17,20-21,23-24H2,1H3,(H,44,48)(H,45,49). The number of alkyl halides is 2. The molecule has 1 spiro atoms. The molecule has 0 atom stereocenters. The van der Waals surface area contributed by atoms with E-state index in [0.29, 0.717) is 40.5 Å². The highest BCUT2D eigenvalue weighted by molar-refractivity contribution is 7.15. The Morgan fingerprint density at radius 3 is 2.46 bits per heavy atom. The molecule has 2 saturated heterocycles. The third kappa shape index (κ3) is 6.84. The van der Waals surface area contributed by atoms with Gasteiger partial charge in [-0.2, -0.15) is 0 Å². The Balaban J connectivity index is 0.937. The minimum absolute atomic E-state index is 0.173. The lowest BCUT2D eigenvalue weighted by Crippen LogP contribution is -2.59. The minimum Gasteiger partial charge on any atom is -0.381 e. The molecule has 3 amide bonds. The first-order valence-corrected chi connectivity index (χ1v) is 18.5. The smallest absolute Gasteiger partial charge is 0.261 e. The van der Waals surface area contributed by atoms with Gasteiger partial charge in [-0.25, -0.2) is 13.8 Å². The van der Waals surface area contributed by atoms with E-state index in [4.69, 9.17) is 4.74 Å². The van der Waals surface area contributed by atoms with Gasteiger partial charge in [-0.05, 0) is 97.5 Å². The molecule has 9 nitrogen and oxygen atoms in total. The summed E-state index contributed by atoms with van der Waals surface area (Å²) in [6.07, 6.45) is 5.76. The Morgan fingerprint density at radius 2 is 1.71 bits per heavy atom. The first kappa shape index (κ1) is 34.2. The maximum Gasteiger partial charge on any atom is 0.261 e. The highest BCUT2D eigenvalue weighted by Gasteiger charge is 2.46. The number of thiophene rings is 1. The summed E-state index contributed by atoms with van der Waals surface area (Å²) >= 11 is 1.31. The number of aryl methyl sites for hydroxylation is 1. The summed E-state index contributed by atoms with van der Waals surface area (Å²) in [5.41, 5.74) is 5.33. The predicted octanol–water partition coefficient (Wildman–Crippen LogP) is 7.44. The van der Waals surface area contributed by atoms with E-state index in [1.807, 2.05) is 49.4 Å². The average molecular weight is 724 g/mol. The van der Waals surface area contributed by atoms with Gasteiger partial charge < -0.3 is 25.2 Å². The number of nitrogens with zero attached hydrogens (tertiary/aromatic N) is 3. The fraction of sp³-hybridized carbons (Fsp3) is 0.350. The van der Waals surface area contributed by atoms with Crippen LogP contribution in [0.4, 0.5) is 26.0 Å². The van der Waals surface area contributed by atoms with Crippen molar-refractivity contribution in [2.24, 2.45) is 5.41 Å². The van der Waals surface area contributed by atoms with Crippen molar-refractivity contribution in [3.63, 3.8) is 0 Å². The van der Waals surface area contributed by atoms with Gasteiger partial charge in [0, 0.05) is 79.5 Å². The molecule has 12 heteroatoms. The average Bonchev–Trinajstić information content (AvgIpc) is 3.53. The number of pyridine rings is 1. The Hall–Kier alpha value is -4.94. The first-order chi connectivity index (χ1) is 25.0. The van der Waals surface area contributed by atoms with Gasteiger partial charge in [0.2, 0.25) is 0 Å². The van der Waals surface area contributed by atoms with E-state index >= 15 is 0 Å². The molecule has 1 aliphatic carbocycles. The number of ether oxygens (including phenoxy) is 1. The van der Waals surface area contributed by atoms with E-state index in [1.54, 1.807) is 41.4 Å². The second kappa shape index (κ2) is 13.6. The molecule has 4 aliphatic rings. The molecule has 2 aromatic carbocycles. The van der Waals surface area contributed by atoms with E-state index in [1.165, 1.54) is 11.3 Å². The fourth-order valence-corrected chi connectivity index (χ4v) is 8.54. The molecule has 268 valence electrons. The SMILES string of the molecule is Cc1cnc(N2CC3(CCOCC3)C2)c(C(=O)Nc2ccc(C(=O)N3CCC(c4ccc(C(=O)NC5CC(F)(F)C5)s4)=Cc4ccccc43)cc2)c1. The fourth-order valence-electron chi connectivity index (χ4n) is 7.59. The van der Waals surface area contributed by atoms with Gasteiger partial charge in [-0.3, -0.25) is 14.4 Å². The van der Waals surface area contributed by atoms with Crippen LogP contribution in [0.15, 0.2) is 72.9 Å². The van der Waals surface area contributed by atoms with Crippen molar-refractivity contribution in [1.82, 2.24) is 10.3 Å². The zero-order valence-corrected chi connectivity index (χ0v) is 29.6. The second-order valence-electron chi connectivity index (χ2n) is 14.4. The number of hydrogen-bond donors (Lipinski definition) is 2. The van der Waals surface area contributed by atoms with E-state index < -0.39 is 12.0 Å². The molecule has 2 N–H and O–H groups in total. The van der Waals surface area contributed by atoms with Crippen LogP contribution in [0, 0.1) is 12.3 Å². The summed E-state index contributed by atoms with van der Waals surface area (Å²) in [5, 5.41) is 5.71. The van der Waals surface area contributed by atoms with E-state index in [-0.39, 0.29) is 36.0 Å². The molecule has 0 bridgehead atoms. The van der Waals surface area contributed by atoms with Gasteiger partial charge in [0.1, 0.15) is 5.82 Å². The normalized spacial score (nSPS) is 19.1. The molecule has 52 heavy (non-hydrogen) atoms. The number of carbonyl (C=O) groups excluding carboxylic acids is 3. The van der Waals surface area contributed by atoms with Crippen molar-refractivity contribution >= 4 is 57.9 Å². The monoisotopic (exact) mass is 723 g/mol. The van der Waals surface area contributed by atoms with Crippen LogP contribution in [-0.4, -0.2) is 67.5 Å². The Morgan fingerprint density at radius 1 is 0.962 bits per heavy atom. The quantitative estimate of drug-likeness (QED) is 0.206. The number of amides is 3. The summed E-state index contributed by atoms with van der Waals surface area (Å²) < 4.78 is 32.1. The third-order valence-corrected chi connectivity index (χ3v) is 11.7. The van der Waals surface area contributed by atoms with Crippen LogP contribution in [0.2, 0.25) is 0 Å². The Kier molecular flexibility index (Phi) is 8.91. The van der Waals surface area contributed by atoms with E-state index in [2.05, 4.69) is 20.5 Å². The maximum atomic E-state index is 14.0. The van der Waals surface area contributed by atoms with Crippen LogP contribution in [0.1, 0.15) is 78.5 Å². The highest BCUT2D eigenvalue weighted by Crippen LogP contribution is 2.43.